The first-order chi connectivity index (χ1) is 9.13. The summed E-state index contributed by atoms with van der Waals surface area (Å²) >= 11 is 0. The van der Waals surface area contributed by atoms with Gasteiger partial charge in [-0.2, -0.15) is 0 Å². The molecule has 0 aliphatic rings. The fraction of sp³-hybridized carbons (Fsp3) is 0.500. The molecular formula is C12H19FN4O2. The average molecular weight is 270 g/mol. The van der Waals surface area contributed by atoms with Crippen LogP contribution in [-0.4, -0.2) is 30.6 Å². The van der Waals surface area contributed by atoms with Crippen molar-refractivity contribution in [3.63, 3.8) is 0 Å². The van der Waals surface area contributed by atoms with Crippen LogP contribution in [0.2, 0.25) is 0 Å². The zero-order chi connectivity index (χ0) is 14.3. The molecule has 0 saturated heterocycles. The topological polar surface area (TPSA) is 89.3 Å². The Morgan fingerprint density at radius 1 is 1.63 bits per heavy atom. The van der Waals surface area contributed by atoms with Crippen molar-refractivity contribution in [2.24, 2.45) is 5.84 Å². The number of halogens is 1. The maximum Gasteiger partial charge on any atom is 0.254 e. The number of ether oxygens (including phenoxy) is 1. The van der Waals surface area contributed by atoms with Crippen LogP contribution in [0.25, 0.3) is 0 Å². The summed E-state index contributed by atoms with van der Waals surface area (Å²) in [5.41, 5.74) is 2.01. The predicted octanol–water partition coefficient (Wildman–Crippen LogP) is 1.05. The van der Waals surface area contributed by atoms with Crippen molar-refractivity contribution in [2.45, 2.75) is 25.8 Å². The number of hydrogen-bond donors (Lipinski definition) is 3. The first kappa shape index (κ1) is 15.3. The molecule has 19 heavy (non-hydrogen) atoms. The molecule has 106 valence electrons. The number of anilines is 1. The van der Waals surface area contributed by atoms with E-state index in [1.807, 2.05) is 6.92 Å². The summed E-state index contributed by atoms with van der Waals surface area (Å²) in [6, 6.07) is 1.16. The van der Waals surface area contributed by atoms with E-state index in [0.29, 0.717) is 6.61 Å². The standard InChI is InChI=1S/C12H19FN4O2/c1-3-4-8(7-19-2)16-12(18)9-5-6-15-11(17-14)10(9)13/h5-6,8H,3-4,7,14H2,1-2H3,(H,15,17)(H,16,18). The van der Waals surface area contributed by atoms with Gasteiger partial charge >= 0.3 is 0 Å². The normalized spacial score (nSPS) is 12.0. The van der Waals surface area contributed by atoms with Gasteiger partial charge in [0, 0.05) is 13.3 Å². The van der Waals surface area contributed by atoms with Crippen molar-refractivity contribution in [3.8, 4) is 0 Å². The number of nitrogens with one attached hydrogen (secondary N) is 2. The molecule has 0 radical (unpaired) electrons. The lowest BCUT2D eigenvalue weighted by atomic mass is 10.1. The SMILES string of the molecule is CCCC(COC)NC(=O)c1ccnc(NN)c1F. The number of hydrazine groups is 1. The van der Waals surface area contributed by atoms with Gasteiger partial charge in [0.25, 0.3) is 5.91 Å². The summed E-state index contributed by atoms with van der Waals surface area (Å²) < 4.78 is 18.9. The molecule has 1 aromatic heterocycles. The quantitative estimate of drug-likeness (QED) is 0.509. The molecule has 1 aromatic rings. The van der Waals surface area contributed by atoms with E-state index in [9.17, 15) is 9.18 Å². The highest BCUT2D eigenvalue weighted by Gasteiger charge is 2.18. The fourth-order valence-corrected chi connectivity index (χ4v) is 1.73. The van der Waals surface area contributed by atoms with Crippen LogP contribution in [0.1, 0.15) is 30.1 Å². The van der Waals surface area contributed by atoms with Crippen molar-refractivity contribution in [2.75, 3.05) is 19.1 Å². The molecule has 0 bridgehead atoms. The highest BCUT2D eigenvalue weighted by Crippen LogP contribution is 2.14. The molecule has 1 amide bonds. The number of nitrogen functional groups attached to an aromatic ring is 1. The molecule has 0 fully saturated rings. The predicted molar refractivity (Wildman–Crippen MR) is 70.0 cm³/mol. The van der Waals surface area contributed by atoms with Gasteiger partial charge in [-0.25, -0.2) is 15.2 Å². The van der Waals surface area contributed by atoms with Gasteiger partial charge in [0.1, 0.15) is 0 Å². The van der Waals surface area contributed by atoms with Crippen LogP contribution in [0.3, 0.4) is 0 Å². The zero-order valence-electron chi connectivity index (χ0n) is 11.1. The molecule has 1 unspecified atom stereocenters. The van der Waals surface area contributed by atoms with Gasteiger partial charge in [-0.1, -0.05) is 13.3 Å². The summed E-state index contributed by atoms with van der Waals surface area (Å²) in [6.45, 7) is 2.38. The van der Waals surface area contributed by atoms with Crippen LogP contribution < -0.4 is 16.6 Å². The van der Waals surface area contributed by atoms with E-state index < -0.39 is 11.7 Å². The van der Waals surface area contributed by atoms with Gasteiger partial charge < -0.3 is 15.5 Å². The first-order valence-electron chi connectivity index (χ1n) is 6.04. The molecule has 0 aliphatic carbocycles. The van der Waals surface area contributed by atoms with E-state index in [-0.39, 0.29) is 17.4 Å². The molecule has 0 aliphatic heterocycles. The molecule has 0 spiro atoms. The molecule has 1 atom stereocenters. The first-order valence-corrected chi connectivity index (χ1v) is 6.04. The molecular weight excluding hydrogens is 251 g/mol. The third-order valence-electron chi connectivity index (χ3n) is 2.61. The lowest BCUT2D eigenvalue weighted by Crippen LogP contribution is -2.38. The Morgan fingerprint density at radius 3 is 2.95 bits per heavy atom. The summed E-state index contributed by atoms with van der Waals surface area (Å²) in [4.78, 5) is 15.7. The third kappa shape index (κ3) is 4.15. The van der Waals surface area contributed by atoms with E-state index in [0.717, 1.165) is 12.8 Å². The van der Waals surface area contributed by atoms with E-state index in [4.69, 9.17) is 10.6 Å². The number of nitrogens with zero attached hydrogens (tertiary/aromatic N) is 1. The highest BCUT2D eigenvalue weighted by atomic mass is 19.1. The Kier molecular flexibility index (Phi) is 6.17. The molecule has 0 saturated carbocycles. The lowest BCUT2D eigenvalue weighted by molar-refractivity contribution is 0.0887. The van der Waals surface area contributed by atoms with Crippen LogP contribution in [0.15, 0.2) is 12.3 Å². The lowest BCUT2D eigenvalue weighted by Gasteiger charge is -2.17. The number of carbonyl (C=O) groups is 1. The van der Waals surface area contributed by atoms with Gasteiger partial charge in [-0.15, -0.1) is 0 Å². The summed E-state index contributed by atoms with van der Waals surface area (Å²) in [5, 5.41) is 2.73. The van der Waals surface area contributed by atoms with E-state index >= 15 is 0 Å². The Bertz CT molecular complexity index is 422. The summed E-state index contributed by atoms with van der Waals surface area (Å²) in [7, 11) is 1.55. The number of pyridine rings is 1. The Morgan fingerprint density at radius 2 is 2.37 bits per heavy atom. The van der Waals surface area contributed by atoms with E-state index in [2.05, 4.69) is 15.7 Å². The summed E-state index contributed by atoms with van der Waals surface area (Å²) in [5.74, 6) is 3.68. The number of rotatable bonds is 7. The Labute approximate surface area is 111 Å². The molecule has 0 aromatic carbocycles. The molecule has 7 heteroatoms. The monoisotopic (exact) mass is 270 g/mol. The minimum Gasteiger partial charge on any atom is -0.383 e. The molecule has 1 rings (SSSR count). The van der Waals surface area contributed by atoms with Gasteiger partial charge in [0.15, 0.2) is 11.6 Å². The highest BCUT2D eigenvalue weighted by molar-refractivity contribution is 5.95. The third-order valence-corrected chi connectivity index (χ3v) is 2.61. The maximum atomic E-state index is 13.8. The van der Waals surface area contributed by atoms with Crippen LogP contribution in [0.4, 0.5) is 10.2 Å². The second-order valence-electron chi connectivity index (χ2n) is 4.08. The van der Waals surface area contributed by atoms with Gasteiger partial charge in [0.2, 0.25) is 0 Å². The van der Waals surface area contributed by atoms with Crippen molar-refractivity contribution in [3.05, 3.63) is 23.6 Å². The van der Waals surface area contributed by atoms with Crippen molar-refractivity contribution in [1.82, 2.24) is 10.3 Å². The van der Waals surface area contributed by atoms with Crippen LogP contribution in [0, 0.1) is 5.82 Å². The van der Waals surface area contributed by atoms with Crippen LogP contribution in [0.5, 0.6) is 0 Å². The number of hydrogen-bond acceptors (Lipinski definition) is 5. The van der Waals surface area contributed by atoms with E-state index in [1.54, 1.807) is 7.11 Å². The van der Waals surface area contributed by atoms with Crippen LogP contribution >= 0.6 is 0 Å². The van der Waals surface area contributed by atoms with Gasteiger partial charge in [-0.3, -0.25) is 4.79 Å². The second kappa shape index (κ2) is 7.65. The zero-order valence-corrected chi connectivity index (χ0v) is 11.1. The van der Waals surface area contributed by atoms with Gasteiger partial charge in [0.05, 0.1) is 18.2 Å². The minimum absolute atomic E-state index is 0.0971. The Balaban J connectivity index is 2.82. The Hall–Kier alpha value is -1.73. The number of aromatic nitrogens is 1. The fourth-order valence-electron chi connectivity index (χ4n) is 1.73. The van der Waals surface area contributed by atoms with Crippen molar-refractivity contribution >= 4 is 11.7 Å². The largest absolute Gasteiger partial charge is 0.383 e. The number of nitrogens with two attached hydrogens (primary N) is 1. The smallest absolute Gasteiger partial charge is 0.254 e. The summed E-state index contributed by atoms with van der Waals surface area (Å²) in [6.07, 6.45) is 2.97. The molecule has 6 nitrogen and oxygen atoms in total. The molecule has 4 N–H and O–H groups in total. The number of carbonyl (C=O) groups excluding carboxylic acids is 1. The number of amides is 1. The minimum atomic E-state index is -0.768. The van der Waals surface area contributed by atoms with Crippen LogP contribution in [-0.2, 0) is 4.74 Å². The average Bonchev–Trinajstić information content (AvgIpc) is 2.39. The van der Waals surface area contributed by atoms with Gasteiger partial charge in [-0.05, 0) is 12.5 Å². The maximum absolute atomic E-state index is 13.8. The van der Waals surface area contributed by atoms with E-state index in [1.165, 1.54) is 12.3 Å². The number of methoxy groups -OCH3 is 1. The van der Waals surface area contributed by atoms with Crippen molar-refractivity contribution in [1.29, 1.82) is 0 Å². The second-order valence-corrected chi connectivity index (χ2v) is 4.08. The molecule has 1 heterocycles. The van der Waals surface area contributed by atoms with Crippen molar-refractivity contribution < 1.29 is 13.9 Å².